The number of fused-ring (bicyclic) bond motifs is 1. The van der Waals surface area contributed by atoms with Gasteiger partial charge in [0.1, 0.15) is 0 Å². The van der Waals surface area contributed by atoms with Crippen molar-refractivity contribution in [3.05, 3.63) is 36.0 Å². The lowest BCUT2D eigenvalue weighted by Gasteiger charge is -2.19. The van der Waals surface area contributed by atoms with Crippen LogP contribution in [0.5, 0.6) is 0 Å². The van der Waals surface area contributed by atoms with E-state index in [4.69, 9.17) is 5.11 Å². The second-order valence-electron chi connectivity index (χ2n) is 4.56. The molecule has 0 fully saturated rings. The highest BCUT2D eigenvalue weighted by molar-refractivity contribution is 5.84. The summed E-state index contributed by atoms with van der Waals surface area (Å²) < 4.78 is 0. The number of amides is 1. The highest BCUT2D eigenvalue weighted by Crippen LogP contribution is 2.19. The molecule has 0 radical (unpaired) electrons. The highest BCUT2D eigenvalue weighted by Gasteiger charge is 2.12. The standard InChI is InChI=1S/C15H20N2O2/c1-2-17(9-10-18)15(19)8-7-12-11-16-14-6-4-3-5-13(12)14/h3-6,11,16,18H,2,7-10H2,1H3. The molecule has 0 saturated carbocycles. The Kier molecular flexibility index (Phi) is 4.58. The van der Waals surface area contributed by atoms with Crippen LogP contribution < -0.4 is 0 Å². The molecule has 0 atom stereocenters. The summed E-state index contributed by atoms with van der Waals surface area (Å²) in [5, 5.41) is 10.1. The summed E-state index contributed by atoms with van der Waals surface area (Å²) in [4.78, 5) is 16.9. The molecule has 2 aromatic rings. The first-order valence-electron chi connectivity index (χ1n) is 6.70. The Morgan fingerprint density at radius 1 is 1.37 bits per heavy atom. The van der Waals surface area contributed by atoms with Crippen molar-refractivity contribution in [2.24, 2.45) is 0 Å². The molecular weight excluding hydrogens is 240 g/mol. The topological polar surface area (TPSA) is 56.3 Å². The number of nitrogens with one attached hydrogen (secondary N) is 1. The van der Waals surface area contributed by atoms with E-state index in [1.807, 2.05) is 31.3 Å². The summed E-state index contributed by atoms with van der Waals surface area (Å²) >= 11 is 0. The first-order chi connectivity index (χ1) is 9.26. The molecule has 0 aliphatic carbocycles. The lowest BCUT2D eigenvalue weighted by atomic mass is 10.1. The maximum absolute atomic E-state index is 12.0. The fourth-order valence-electron chi connectivity index (χ4n) is 2.32. The van der Waals surface area contributed by atoms with Crippen molar-refractivity contribution in [1.29, 1.82) is 0 Å². The molecule has 0 bridgehead atoms. The molecule has 0 spiro atoms. The van der Waals surface area contributed by atoms with Crippen LogP contribution in [0.3, 0.4) is 0 Å². The van der Waals surface area contributed by atoms with Gasteiger partial charge in [-0.25, -0.2) is 0 Å². The van der Waals surface area contributed by atoms with Crippen LogP contribution in [0.25, 0.3) is 10.9 Å². The van der Waals surface area contributed by atoms with Gasteiger partial charge in [0, 0.05) is 36.6 Å². The number of likely N-dealkylation sites (N-methyl/N-ethyl adjacent to an activating group) is 1. The van der Waals surface area contributed by atoms with E-state index in [0.29, 0.717) is 19.5 Å². The van der Waals surface area contributed by atoms with Gasteiger partial charge in [0.2, 0.25) is 5.91 Å². The lowest BCUT2D eigenvalue weighted by Crippen LogP contribution is -2.33. The molecule has 0 saturated heterocycles. The van der Waals surface area contributed by atoms with Crippen molar-refractivity contribution >= 4 is 16.8 Å². The van der Waals surface area contributed by atoms with Gasteiger partial charge in [-0.3, -0.25) is 4.79 Å². The summed E-state index contributed by atoms with van der Waals surface area (Å²) in [7, 11) is 0. The van der Waals surface area contributed by atoms with Crippen molar-refractivity contribution < 1.29 is 9.90 Å². The summed E-state index contributed by atoms with van der Waals surface area (Å²) in [6.45, 7) is 3.02. The zero-order chi connectivity index (χ0) is 13.7. The molecular formula is C15H20N2O2. The molecule has 19 heavy (non-hydrogen) atoms. The predicted octanol–water partition coefficient (Wildman–Crippen LogP) is 1.94. The largest absolute Gasteiger partial charge is 0.395 e. The molecule has 102 valence electrons. The van der Waals surface area contributed by atoms with Crippen LogP contribution in [0.15, 0.2) is 30.5 Å². The number of aromatic nitrogens is 1. The smallest absolute Gasteiger partial charge is 0.222 e. The van der Waals surface area contributed by atoms with Gasteiger partial charge in [0.15, 0.2) is 0 Å². The molecule has 0 unspecified atom stereocenters. The lowest BCUT2D eigenvalue weighted by molar-refractivity contribution is -0.131. The van der Waals surface area contributed by atoms with Crippen LogP contribution in [0.4, 0.5) is 0 Å². The van der Waals surface area contributed by atoms with Crippen LogP contribution in [0, 0.1) is 0 Å². The first-order valence-corrected chi connectivity index (χ1v) is 6.70. The number of nitrogens with zero attached hydrogens (tertiary/aromatic N) is 1. The zero-order valence-electron chi connectivity index (χ0n) is 11.2. The Morgan fingerprint density at radius 3 is 2.89 bits per heavy atom. The van der Waals surface area contributed by atoms with E-state index in [1.54, 1.807) is 4.90 Å². The van der Waals surface area contributed by atoms with Gasteiger partial charge < -0.3 is 15.0 Å². The Labute approximate surface area is 113 Å². The van der Waals surface area contributed by atoms with E-state index >= 15 is 0 Å². The molecule has 1 amide bonds. The van der Waals surface area contributed by atoms with Crippen molar-refractivity contribution in [2.75, 3.05) is 19.7 Å². The molecule has 4 heteroatoms. The van der Waals surface area contributed by atoms with E-state index in [2.05, 4.69) is 11.1 Å². The molecule has 1 heterocycles. The molecule has 4 nitrogen and oxygen atoms in total. The van der Waals surface area contributed by atoms with E-state index in [9.17, 15) is 4.79 Å². The van der Waals surface area contributed by atoms with Gasteiger partial charge in [0.05, 0.1) is 6.61 Å². The molecule has 2 rings (SSSR count). The van der Waals surface area contributed by atoms with Crippen LogP contribution in [-0.2, 0) is 11.2 Å². The Morgan fingerprint density at radius 2 is 2.16 bits per heavy atom. The Hall–Kier alpha value is -1.81. The zero-order valence-corrected chi connectivity index (χ0v) is 11.2. The predicted molar refractivity (Wildman–Crippen MR) is 76.0 cm³/mol. The molecule has 0 aliphatic heterocycles. The maximum Gasteiger partial charge on any atom is 0.222 e. The van der Waals surface area contributed by atoms with Gasteiger partial charge in [-0.1, -0.05) is 18.2 Å². The number of hydrogen-bond acceptors (Lipinski definition) is 2. The molecule has 1 aromatic heterocycles. The Balaban J connectivity index is 2.00. The minimum absolute atomic E-state index is 0.0205. The summed E-state index contributed by atoms with van der Waals surface area (Å²) in [5.74, 6) is 0.0989. The fraction of sp³-hybridized carbons (Fsp3) is 0.400. The minimum atomic E-state index is 0.0205. The normalized spacial score (nSPS) is 10.8. The second-order valence-corrected chi connectivity index (χ2v) is 4.56. The number of aliphatic hydroxyl groups is 1. The van der Waals surface area contributed by atoms with E-state index in [1.165, 1.54) is 10.9 Å². The number of H-pyrrole nitrogens is 1. The summed E-state index contributed by atoms with van der Waals surface area (Å²) in [6, 6.07) is 8.10. The number of aliphatic hydroxyl groups excluding tert-OH is 1. The third-order valence-corrected chi connectivity index (χ3v) is 3.39. The minimum Gasteiger partial charge on any atom is -0.395 e. The highest BCUT2D eigenvalue weighted by atomic mass is 16.3. The quantitative estimate of drug-likeness (QED) is 0.834. The third-order valence-electron chi connectivity index (χ3n) is 3.39. The number of carbonyl (C=O) groups excluding carboxylic acids is 1. The molecule has 2 N–H and O–H groups in total. The average Bonchev–Trinajstić information content (AvgIpc) is 2.85. The van der Waals surface area contributed by atoms with Crippen molar-refractivity contribution in [1.82, 2.24) is 9.88 Å². The van der Waals surface area contributed by atoms with Gasteiger partial charge >= 0.3 is 0 Å². The van der Waals surface area contributed by atoms with Gasteiger partial charge in [0.25, 0.3) is 0 Å². The summed E-state index contributed by atoms with van der Waals surface area (Å²) in [5.41, 5.74) is 2.27. The van der Waals surface area contributed by atoms with E-state index in [-0.39, 0.29) is 12.5 Å². The number of hydrogen-bond donors (Lipinski definition) is 2. The van der Waals surface area contributed by atoms with Crippen molar-refractivity contribution in [3.8, 4) is 0 Å². The molecule has 0 aliphatic rings. The SMILES string of the molecule is CCN(CCO)C(=O)CCc1c[nH]c2ccccc12. The third kappa shape index (κ3) is 3.15. The monoisotopic (exact) mass is 260 g/mol. The van der Waals surface area contributed by atoms with Crippen LogP contribution in [0.1, 0.15) is 18.9 Å². The number of benzene rings is 1. The van der Waals surface area contributed by atoms with Crippen LogP contribution in [-0.4, -0.2) is 40.6 Å². The Bertz CT molecular complexity index is 548. The summed E-state index contributed by atoms with van der Waals surface area (Å²) in [6.07, 6.45) is 3.18. The molecule has 1 aromatic carbocycles. The number of aromatic amines is 1. The van der Waals surface area contributed by atoms with Crippen LogP contribution >= 0.6 is 0 Å². The van der Waals surface area contributed by atoms with E-state index < -0.39 is 0 Å². The maximum atomic E-state index is 12.0. The average molecular weight is 260 g/mol. The van der Waals surface area contributed by atoms with Gasteiger partial charge in [-0.15, -0.1) is 0 Å². The van der Waals surface area contributed by atoms with Crippen molar-refractivity contribution in [3.63, 3.8) is 0 Å². The first kappa shape index (κ1) is 13.6. The van der Waals surface area contributed by atoms with E-state index in [0.717, 1.165) is 11.9 Å². The van der Waals surface area contributed by atoms with Gasteiger partial charge in [-0.2, -0.15) is 0 Å². The van der Waals surface area contributed by atoms with Gasteiger partial charge in [-0.05, 0) is 25.0 Å². The fourth-order valence-corrected chi connectivity index (χ4v) is 2.32. The number of carbonyl (C=O) groups is 1. The number of aryl methyl sites for hydroxylation is 1. The number of para-hydroxylation sites is 1. The van der Waals surface area contributed by atoms with Crippen LogP contribution in [0.2, 0.25) is 0 Å². The number of rotatable bonds is 6. The second kappa shape index (κ2) is 6.38. The van der Waals surface area contributed by atoms with Crippen molar-refractivity contribution in [2.45, 2.75) is 19.8 Å².